The van der Waals surface area contributed by atoms with Gasteiger partial charge in [0.2, 0.25) is 5.91 Å². The maximum atomic E-state index is 11.8. The topological polar surface area (TPSA) is 46.3 Å². The standard InChI is InChI=1S/C12H24N2O/c1-11(13)7-6-8-12(15)14-9-4-2-3-5-10-14/h11H,2-10,13H2,1H3. The molecule has 1 rings (SSSR count). The second-order valence-electron chi connectivity index (χ2n) is 4.66. The highest BCUT2D eigenvalue weighted by molar-refractivity contribution is 5.76. The fourth-order valence-corrected chi connectivity index (χ4v) is 2.05. The van der Waals surface area contributed by atoms with Crippen LogP contribution in [0.3, 0.4) is 0 Å². The molecule has 2 N–H and O–H groups in total. The van der Waals surface area contributed by atoms with E-state index in [-0.39, 0.29) is 6.04 Å². The summed E-state index contributed by atoms with van der Waals surface area (Å²) in [6.45, 7) is 3.93. The summed E-state index contributed by atoms with van der Waals surface area (Å²) in [7, 11) is 0. The van der Waals surface area contributed by atoms with Crippen molar-refractivity contribution in [3.63, 3.8) is 0 Å². The molecule has 1 aliphatic heterocycles. The van der Waals surface area contributed by atoms with E-state index in [1.165, 1.54) is 25.7 Å². The van der Waals surface area contributed by atoms with Crippen LogP contribution in [0.15, 0.2) is 0 Å². The Hall–Kier alpha value is -0.570. The molecule has 0 spiro atoms. The number of hydrogen-bond acceptors (Lipinski definition) is 2. The highest BCUT2D eigenvalue weighted by Crippen LogP contribution is 2.11. The summed E-state index contributed by atoms with van der Waals surface area (Å²) in [5.74, 6) is 0.331. The van der Waals surface area contributed by atoms with Crippen LogP contribution in [-0.2, 0) is 4.79 Å². The zero-order valence-corrected chi connectivity index (χ0v) is 9.87. The van der Waals surface area contributed by atoms with Gasteiger partial charge in [-0.25, -0.2) is 0 Å². The molecule has 1 saturated heterocycles. The maximum Gasteiger partial charge on any atom is 0.222 e. The molecule has 0 bridgehead atoms. The van der Waals surface area contributed by atoms with Crippen molar-refractivity contribution in [2.24, 2.45) is 5.73 Å². The SMILES string of the molecule is CC(N)CCCC(=O)N1CCCCCC1. The molecule has 1 aliphatic rings. The summed E-state index contributed by atoms with van der Waals surface area (Å²) in [6, 6.07) is 0.224. The Morgan fingerprint density at radius 1 is 1.27 bits per heavy atom. The second-order valence-corrected chi connectivity index (χ2v) is 4.66. The van der Waals surface area contributed by atoms with Gasteiger partial charge in [-0.2, -0.15) is 0 Å². The molecule has 1 heterocycles. The van der Waals surface area contributed by atoms with Crippen molar-refractivity contribution in [2.75, 3.05) is 13.1 Å². The van der Waals surface area contributed by atoms with Gasteiger partial charge in [-0.15, -0.1) is 0 Å². The van der Waals surface area contributed by atoms with Gasteiger partial charge in [0, 0.05) is 25.6 Å². The summed E-state index contributed by atoms with van der Waals surface area (Å²) in [5.41, 5.74) is 5.66. The van der Waals surface area contributed by atoms with E-state index in [0.717, 1.165) is 25.9 Å². The molecular weight excluding hydrogens is 188 g/mol. The molecule has 1 unspecified atom stereocenters. The fourth-order valence-electron chi connectivity index (χ4n) is 2.05. The van der Waals surface area contributed by atoms with Gasteiger partial charge in [-0.1, -0.05) is 12.8 Å². The number of rotatable bonds is 4. The molecule has 0 radical (unpaired) electrons. The number of likely N-dealkylation sites (tertiary alicyclic amines) is 1. The fraction of sp³-hybridized carbons (Fsp3) is 0.917. The zero-order chi connectivity index (χ0) is 11.1. The lowest BCUT2D eigenvalue weighted by Crippen LogP contribution is -2.31. The Bertz CT molecular complexity index is 184. The third kappa shape index (κ3) is 5.17. The highest BCUT2D eigenvalue weighted by atomic mass is 16.2. The molecule has 3 nitrogen and oxygen atoms in total. The van der Waals surface area contributed by atoms with E-state index >= 15 is 0 Å². The summed E-state index contributed by atoms with van der Waals surface area (Å²) in [6.07, 6.45) is 7.50. The minimum atomic E-state index is 0.224. The quantitative estimate of drug-likeness (QED) is 0.773. The first-order valence-electron chi connectivity index (χ1n) is 6.23. The first-order valence-corrected chi connectivity index (χ1v) is 6.23. The minimum absolute atomic E-state index is 0.224. The van der Waals surface area contributed by atoms with Gasteiger partial charge in [-0.3, -0.25) is 4.79 Å². The lowest BCUT2D eigenvalue weighted by atomic mass is 10.1. The Balaban J connectivity index is 2.19. The summed E-state index contributed by atoms with van der Waals surface area (Å²) < 4.78 is 0. The zero-order valence-electron chi connectivity index (χ0n) is 9.87. The first kappa shape index (κ1) is 12.5. The van der Waals surface area contributed by atoms with E-state index in [2.05, 4.69) is 0 Å². The van der Waals surface area contributed by atoms with Crippen LogP contribution in [0.25, 0.3) is 0 Å². The van der Waals surface area contributed by atoms with Gasteiger partial charge in [0.1, 0.15) is 0 Å². The van der Waals surface area contributed by atoms with Crippen molar-refractivity contribution in [2.45, 2.75) is 57.9 Å². The van der Waals surface area contributed by atoms with Crippen molar-refractivity contribution in [1.29, 1.82) is 0 Å². The van der Waals surface area contributed by atoms with Crippen molar-refractivity contribution >= 4 is 5.91 Å². The lowest BCUT2D eigenvalue weighted by molar-refractivity contribution is -0.131. The Kier molecular flexibility index (Phi) is 5.69. The van der Waals surface area contributed by atoms with Crippen molar-refractivity contribution in [1.82, 2.24) is 4.90 Å². The van der Waals surface area contributed by atoms with Crippen LogP contribution in [0.2, 0.25) is 0 Å². The van der Waals surface area contributed by atoms with Gasteiger partial charge in [0.05, 0.1) is 0 Å². The molecular formula is C12H24N2O. The number of amides is 1. The third-order valence-corrected chi connectivity index (χ3v) is 3.01. The van der Waals surface area contributed by atoms with E-state index in [9.17, 15) is 4.79 Å². The van der Waals surface area contributed by atoms with Crippen LogP contribution >= 0.6 is 0 Å². The lowest BCUT2D eigenvalue weighted by Gasteiger charge is -2.20. The first-order chi connectivity index (χ1) is 7.20. The Labute approximate surface area is 93.0 Å². The van der Waals surface area contributed by atoms with Crippen LogP contribution < -0.4 is 5.73 Å². The second kappa shape index (κ2) is 6.83. The van der Waals surface area contributed by atoms with E-state index in [4.69, 9.17) is 5.73 Å². The summed E-state index contributed by atoms with van der Waals surface area (Å²) in [5, 5.41) is 0. The number of carbonyl (C=O) groups is 1. The summed E-state index contributed by atoms with van der Waals surface area (Å²) in [4.78, 5) is 13.9. The van der Waals surface area contributed by atoms with E-state index in [1.807, 2.05) is 11.8 Å². The monoisotopic (exact) mass is 212 g/mol. The maximum absolute atomic E-state index is 11.8. The average Bonchev–Trinajstić information content (AvgIpc) is 2.44. The van der Waals surface area contributed by atoms with Gasteiger partial charge in [0.25, 0.3) is 0 Å². The Morgan fingerprint density at radius 3 is 2.40 bits per heavy atom. The predicted octanol–water partition coefficient (Wildman–Crippen LogP) is 1.91. The normalized spacial score (nSPS) is 19.7. The number of hydrogen-bond donors (Lipinski definition) is 1. The Morgan fingerprint density at radius 2 is 1.87 bits per heavy atom. The smallest absolute Gasteiger partial charge is 0.222 e. The van der Waals surface area contributed by atoms with Gasteiger partial charge >= 0.3 is 0 Å². The summed E-state index contributed by atoms with van der Waals surface area (Å²) >= 11 is 0. The van der Waals surface area contributed by atoms with Crippen LogP contribution in [0.4, 0.5) is 0 Å². The highest BCUT2D eigenvalue weighted by Gasteiger charge is 2.14. The van der Waals surface area contributed by atoms with Gasteiger partial charge < -0.3 is 10.6 Å². The molecule has 0 aromatic rings. The van der Waals surface area contributed by atoms with Crippen LogP contribution in [0, 0.1) is 0 Å². The number of nitrogens with zero attached hydrogens (tertiary/aromatic N) is 1. The van der Waals surface area contributed by atoms with E-state index in [0.29, 0.717) is 12.3 Å². The van der Waals surface area contributed by atoms with Gasteiger partial charge in [-0.05, 0) is 32.6 Å². The van der Waals surface area contributed by atoms with Crippen molar-refractivity contribution < 1.29 is 4.79 Å². The van der Waals surface area contributed by atoms with Crippen LogP contribution in [-0.4, -0.2) is 29.9 Å². The van der Waals surface area contributed by atoms with Crippen LogP contribution in [0.5, 0.6) is 0 Å². The number of nitrogens with two attached hydrogens (primary N) is 1. The van der Waals surface area contributed by atoms with Gasteiger partial charge in [0.15, 0.2) is 0 Å². The van der Waals surface area contributed by atoms with Crippen LogP contribution in [0.1, 0.15) is 51.9 Å². The van der Waals surface area contributed by atoms with Crippen molar-refractivity contribution in [3.8, 4) is 0 Å². The molecule has 1 amide bonds. The molecule has 0 aromatic carbocycles. The van der Waals surface area contributed by atoms with E-state index in [1.54, 1.807) is 0 Å². The minimum Gasteiger partial charge on any atom is -0.343 e. The molecule has 1 fully saturated rings. The molecule has 3 heteroatoms. The third-order valence-electron chi connectivity index (χ3n) is 3.01. The largest absolute Gasteiger partial charge is 0.343 e. The molecule has 88 valence electrons. The van der Waals surface area contributed by atoms with E-state index < -0.39 is 0 Å². The molecule has 15 heavy (non-hydrogen) atoms. The molecule has 0 saturated carbocycles. The molecule has 0 aromatic heterocycles. The predicted molar refractivity (Wildman–Crippen MR) is 62.5 cm³/mol. The molecule has 1 atom stereocenters. The van der Waals surface area contributed by atoms with Crippen molar-refractivity contribution in [3.05, 3.63) is 0 Å². The average molecular weight is 212 g/mol. The number of carbonyl (C=O) groups excluding carboxylic acids is 1. The molecule has 0 aliphatic carbocycles.